The quantitative estimate of drug-likeness (QED) is 0.193. The van der Waals surface area contributed by atoms with Crippen LogP contribution in [-0.2, 0) is 0 Å². The Kier molecular flexibility index (Phi) is 5.05. The zero-order chi connectivity index (χ0) is 25.6. The van der Waals surface area contributed by atoms with Crippen molar-refractivity contribution in [2.24, 2.45) is 10.7 Å². The molecular weight excluding hydrogens is 466 g/mol. The number of hydrogen-bond donors (Lipinski definition) is 2. The molecule has 0 atom stereocenters. The van der Waals surface area contributed by atoms with Gasteiger partial charge in [0.2, 0.25) is 0 Å². The van der Waals surface area contributed by atoms with Crippen LogP contribution in [0.5, 0.6) is 0 Å². The Morgan fingerprint density at radius 1 is 0.658 bits per heavy atom. The van der Waals surface area contributed by atoms with Crippen molar-refractivity contribution in [2.75, 3.05) is 0 Å². The van der Waals surface area contributed by atoms with Crippen LogP contribution < -0.4 is 5.73 Å². The molecule has 4 nitrogen and oxygen atoms in total. The maximum Gasteiger partial charge on any atom is 0.154 e. The second-order valence-electron chi connectivity index (χ2n) is 9.43. The molecule has 1 aromatic heterocycles. The minimum absolute atomic E-state index is 0.118. The summed E-state index contributed by atoms with van der Waals surface area (Å²) in [6.07, 6.45) is 0. The molecule has 0 spiro atoms. The highest BCUT2D eigenvalue weighted by atomic mass is 16.3. The Bertz CT molecular complexity index is 2070. The van der Waals surface area contributed by atoms with Gasteiger partial charge < -0.3 is 10.2 Å². The second-order valence-corrected chi connectivity index (χ2v) is 9.43. The summed E-state index contributed by atoms with van der Waals surface area (Å²) >= 11 is 0. The van der Waals surface area contributed by atoms with E-state index < -0.39 is 0 Å². The number of nitrogens with two attached hydrogens (primary N) is 1. The fourth-order valence-electron chi connectivity index (χ4n) is 5.21. The average molecular weight is 490 g/mol. The van der Waals surface area contributed by atoms with Crippen molar-refractivity contribution >= 4 is 55.2 Å². The molecule has 7 aromatic rings. The summed E-state index contributed by atoms with van der Waals surface area (Å²) < 4.78 is 6.41. The molecule has 0 amide bonds. The number of nitrogens with one attached hydrogen (secondary N) is 1. The van der Waals surface area contributed by atoms with Gasteiger partial charge in [0.05, 0.1) is 0 Å². The Morgan fingerprint density at radius 3 is 2.11 bits per heavy atom. The van der Waals surface area contributed by atoms with Crippen LogP contribution >= 0.6 is 0 Å². The van der Waals surface area contributed by atoms with Crippen molar-refractivity contribution in [1.82, 2.24) is 0 Å². The molecule has 0 unspecified atom stereocenters. The van der Waals surface area contributed by atoms with E-state index in [1.54, 1.807) is 0 Å². The fraction of sp³-hybridized carbons (Fsp3) is 0. The molecule has 0 fully saturated rings. The standard InChI is InChI=1S/C34H23N3O/c35-33(26-16-14-22-8-2-4-10-24(22)20-26)37-34(36)29-18-17-27(25-15-13-21-7-1-3-9-23(21)19-25)32-31(29)28-11-5-6-12-30(28)38-32/h1-20H,(H3,35,36,37). The molecule has 0 radical (unpaired) electrons. The van der Waals surface area contributed by atoms with Crippen LogP contribution in [0.4, 0.5) is 0 Å². The monoisotopic (exact) mass is 489 g/mol. The molecule has 180 valence electrons. The Labute approximate surface area is 219 Å². The van der Waals surface area contributed by atoms with Crippen LogP contribution in [0.15, 0.2) is 131 Å². The smallest absolute Gasteiger partial charge is 0.154 e. The van der Waals surface area contributed by atoms with E-state index in [0.29, 0.717) is 5.56 Å². The molecule has 0 saturated carbocycles. The molecule has 1 heterocycles. The molecule has 0 aliphatic heterocycles. The maximum atomic E-state index is 8.68. The number of hydrogen-bond acceptors (Lipinski definition) is 2. The Balaban J connectivity index is 1.38. The lowest BCUT2D eigenvalue weighted by Gasteiger charge is -2.09. The van der Waals surface area contributed by atoms with Gasteiger partial charge in [-0.1, -0.05) is 91.0 Å². The number of amidine groups is 2. The molecule has 0 saturated heterocycles. The van der Waals surface area contributed by atoms with Gasteiger partial charge in [-0.05, 0) is 57.4 Å². The van der Waals surface area contributed by atoms with E-state index >= 15 is 0 Å². The third kappa shape index (κ3) is 3.62. The van der Waals surface area contributed by atoms with E-state index in [2.05, 4.69) is 41.4 Å². The van der Waals surface area contributed by atoms with Crippen LogP contribution in [0.3, 0.4) is 0 Å². The van der Waals surface area contributed by atoms with E-state index in [4.69, 9.17) is 15.6 Å². The molecule has 3 N–H and O–H groups in total. The van der Waals surface area contributed by atoms with Gasteiger partial charge >= 0.3 is 0 Å². The number of aliphatic imine (C=N–C) groups is 1. The van der Waals surface area contributed by atoms with Crippen LogP contribution in [0, 0.1) is 5.41 Å². The van der Waals surface area contributed by atoms with Crippen molar-refractivity contribution < 1.29 is 4.42 Å². The first kappa shape index (κ1) is 22.0. The lowest BCUT2D eigenvalue weighted by Crippen LogP contribution is -2.16. The fourth-order valence-corrected chi connectivity index (χ4v) is 5.21. The van der Waals surface area contributed by atoms with Crippen LogP contribution in [-0.4, -0.2) is 11.7 Å². The third-order valence-corrected chi connectivity index (χ3v) is 7.12. The summed E-state index contributed by atoms with van der Waals surface area (Å²) in [6.45, 7) is 0. The highest BCUT2D eigenvalue weighted by molar-refractivity contribution is 6.22. The number of fused-ring (bicyclic) bond motifs is 5. The minimum atomic E-state index is 0.118. The first-order valence-electron chi connectivity index (χ1n) is 12.5. The molecular formula is C34H23N3O. The van der Waals surface area contributed by atoms with E-state index in [-0.39, 0.29) is 11.7 Å². The normalized spacial score (nSPS) is 12.1. The molecule has 7 rings (SSSR count). The minimum Gasteiger partial charge on any atom is -0.455 e. The van der Waals surface area contributed by atoms with E-state index in [9.17, 15) is 0 Å². The number of nitrogens with zero attached hydrogens (tertiary/aromatic N) is 1. The zero-order valence-electron chi connectivity index (χ0n) is 20.5. The summed E-state index contributed by atoms with van der Waals surface area (Å²) in [4.78, 5) is 4.54. The summed E-state index contributed by atoms with van der Waals surface area (Å²) in [7, 11) is 0. The summed E-state index contributed by atoms with van der Waals surface area (Å²) in [5.41, 5.74) is 11.7. The van der Waals surface area contributed by atoms with Crippen molar-refractivity contribution in [1.29, 1.82) is 5.41 Å². The maximum absolute atomic E-state index is 8.68. The van der Waals surface area contributed by atoms with E-state index in [1.165, 1.54) is 10.8 Å². The molecule has 4 heteroatoms. The summed E-state index contributed by atoms with van der Waals surface area (Å²) in [5, 5.41) is 15.1. The number of furan rings is 1. The molecule has 0 bridgehead atoms. The highest BCUT2D eigenvalue weighted by Crippen LogP contribution is 2.38. The van der Waals surface area contributed by atoms with Gasteiger partial charge in [0.15, 0.2) is 5.84 Å². The lowest BCUT2D eigenvalue weighted by atomic mass is 9.96. The van der Waals surface area contributed by atoms with Gasteiger partial charge in [0, 0.05) is 27.5 Å². The topological polar surface area (TPSA) is 75.4 Å². The number of rotatable bonds is 3. The average Bonchev–Trinajstić information content (AvgIpc) is 3.36. The predicted molar refractivity (Wildman–Crippen MR) is 158 cm³/mol. The van der Waals surface area contributed by atoms with Gasteiger partial charge in [-0.2, -0.15) is 0 Å². The van der Waals surface area contributed by atoms with Crippen molar-refractivity contribution in [2.45, 2.75) is 0 Å². The van der Waals surface area contributed by atoms with Crippen LogP contribution in [0.25, 0.3) is 54.6 Å². The van der Waals surface area contributed by atoms with Gasteiger partial charge in [0.25, 0.3) is 0 Å². The number of benzene rings is 6. The van der Waals surface area contributed by atoms with Crippen molar-refractivity contribution in [3.8, 4) is 11.1 Å². The predicted octanol–water partition coefficient (Wildman–Crippen LogP) is 8.29. The Hall–Kier alpha value is -5.22. The highest BCUT2D eigenvalue weighted by Gasteiger charge is 2.18. The van der Waals surface area contributed by atoms with Gasteiger partial charge in [-0.3, -0.25) is 5.41 Å². The lowest BCUT2D eigenvalue weighted by molar-refractivity contribution is 0.670. The van der Waals surface area contributed by atoms with E-state index in [0.717, 1.165) is 49.4 Å². The van der Waals surface area contributed by atoms with Gasteiger partial charge in [-0.15, -0.1) is 0 Å². The van der Waals surface area contributed by atoms with Crippen LogP contribution in [0.1, 0.15) is 11.1 Å². The molecule has 0 aliphatic rings. The largest absolute Gasteiger partial charge is 0.455 e. The molecule has 38 heavy (non-hydrogen) atoms. The summed E-state index contributed by atoms with van der Waals surface area (Å²) in [5.74, 6) is 0.401. The van der Waals surface area contributed by atoms with Gasteiger partial charge in [-0.25, -0.2) is 4.99 Å². The first-order valence-corrected chi connectivity index (χ1v) is 12.5. The van der Waals surface area contributed by atoms with Crippen LogP contribution in [0.2, 0.25) is 0 Å². The molecule has 6 aromatic carbocycles. The molecule has 0 aliphatic carbocycles. The zero-order valence-corrected chi connectivity index (χ0v) is 20.5. The summed E-state index contributed by atoms with van der Waals surface area (Å²) in [6, 6.07) is 40.7. The SMILES string of the molecule is N=C(/N=C(\N)c1ccc(-c2ccc3ccccc3c2)c2oc3ccccc3c12)c1ccc2ccccc2c1. The number of para-hydroxylation sites is 1. The second kappa shape index (κ2) is 8.71. The van der Waals surface area contributed by atoms with Gasteiger partial charge in [0.1, 0.15) is 17.0 Å². The Morgan fingerprint density at radius 2 is 1.32 bits per heavy atom. The first-order chi connectivity index (χ1) is 18.7. The van der Waals surface area contributed by atoms with E-state index in [1.807, 2.05) is 84.9 Å². The van der Waals surface area contributed by atoms with Crippen molar-refractivity contribution in [3.05, 3.63) is 132 Å². The third-order valence-electron chi connectivity index (χ3n) is 7.12. The van der Waals surface area contributed by atoms with Crippen molar-refractivity contribution in [3.63, 3.8) is 0 Å².